The van der Waals surface area contributed by atoms with Crippen LogP contribution in [-0.4, -0.2) is 25.4 Å². The van der Waals surface area contributed by atoms with Crippen LogP contribution in [0.25, 0.3) is 0 Å². The lowest BCUT2D eigenvalue weighted by Crippen LogP contribution is -2.29. The molecule has 0 aliphatic carbocycles. The average molecular weight is 171 g/mol. The second kappa shape index (κ2) is 4.56. The SMILES string of the molecule is CC(OCCCN)C(F)(F)F. The Bertz CT molecular complexity index is 104. The van der Waals surface area contributed by atoms with Gasteiger partial charge in [-0.15, -0.1) is 0 Å². The maximum absolute atomic E-state index is 11.7. The smallest absolute Gasteiger partial charge is 0.369 e. The molecule has 68 valence electrons. The lowest BCUT2D eigenvalue weighted by atomic mass is 10.4. The number of rotatable bonds is 4. The van der Waals surface area contributed by atoms with Crippen LogP contribution in [-0.2, 0) is 4.74 Å². The van der Waals surface area contributed by atoms with E-state index >= 15 is 0 Å². The molecule has 0 aromatic carbocycles. The van der Waals surface area contributed by atoms with Gasteiger partial charge in [0.05, 0.1) is 0 Å². The van der Waals surface area contributed by atoms with Gasteiger partial charge < -0.3 is 10.5 Å². The van der Waals surface area contributed by atoms with E-state index in [1.807, 2.05) is 0 Å². The van der Waals surface area contributed by atoms with Crippen LogP contribution in [0.5, 0.6) is 0 Å². The lowest BCUT2D eigenvalue weighted by molar-refractivity contribution is -0.214. The lowest BCUT2D eigenvalue weighted by Gasteiger charge is -2.15. The standard InChI is InChI=1S/C6H12F3NO/c1-5(6(7,8)9)11-4-2-3-10/h5H,2-4,10H2,1H3. The topological polar surface area (TPSA) is 35.2 Å². The fraction of sp³-hybridized carbons (Fsp3) is 1.00. The summed E-state index contributed by atoms with van der Waals surface area (Å²) in [6, 6.07) is 0. The third-order valence-corrected chi connectivity index (χ3v) is 1.18. The Morgan fingerprint density at radius 1 is 1.45 bits per heavy atom. The molecular formula is C6H12F3NO. The molecule has 0 aromatic heterocycles. The maximum atomic E-state index is 11.7. The maximum Gasteiger partial charge on any atom is 0.414 e. The van der Waals surface area contributed by atoms with E-state index in [1.54, 1.807) is 0 Å². The van der Waals surface area contributed by atoms with Crippen LogP contribution in [0.3, 0.4) is 0 Å². The summed E-state index contributed by atoms with van der Waals surface area (Å²) in [5, 5.41) is 0. The first-order valence-corrected chi connectivity index (χ1v) is 3.37. The predicted molar refractivity (Wildman–Crippen MR) is 35.1 cm³/mol. The van der Waals surface area contributed by atoms with Crippen LogP contribution in [0.4, 0.5) is 13.2 Å². The van der Waals surface area contributed by atoms with E-state index in [-0.39, 0.29) is 6.61 Å². The molecule has 5 heteroatoms. The van der Waals surface area contributed by atoms with E-state index in [4.69, 9.17) is 5.73 Å². The van der Waals surface area contributed by atoms with Gasteiger partial charge in [0.1, 0.15) is 0 Å². The van der Waals surface area contributed by atoms with Crippen molar-refractivity contribution in [2.24, 2.45) is 5.73 Å². The normalized spacial score (nSPS) is 15.0. The van der Waals surface area contributed by atoms with Crippen molar-refractivity contribution in [1.29, 1.82) is 0 Å². The minimum Gasteiger partial charge on any atom is -0.369 e. The van der Waals surface area contributed by atoms with Gasteiger partial charge in [0.15, 0.2) is 6.10 Å². The highest BCUT2D eigenvalue weighted by Crippen LogP contribution is 2.22. The second-order valence-corrected chi connectivity index (χ2v) is 2.20. The molecule has 0 aliphatic rings. The highest BCUT2D eigenvalue weighted by molar-refractivity contribution is 4.60. The monoisotopic (exact) mass is 171 g/mol. The van der Waals surface area contributed by atoms with E-state index in [0.29, 0.717) is 13.0 Å². The van der Waals surface area contributed by atoms with E-state index < -0.39 is 12.3 Å². The van der Waals surface area contributed by atoms with Crippen molar-refractivity contribution in [3.8, 4) is 0 Å². The number of nitrogens with two attached hydrogens (primary N) is 1. The minimum absolute atomic E-state index is 0.0666. The number of alkyl halides is 3. The minimum atomic E-state index is -4.26. The fourth-order valence-electron chi connectivity index (χ4n) is 0.438. The summed E-state index contributed by atoms with van der Waals surface area (Å²) >= 11 is 0. The molecule has 0 amide bonds. The molecule has 0 spiro atoms. The van der Waals surface area contributed by atoms with Crippen molar-refractivity contribution < 1.29 is 17.9 Å². The van der Waals surface area contributed by atoms with Crippen LogP contribution >= 0.6 is 0 Å². The van der Waals surface area contributed by atoms with E-state index in [0.717, 1.165) is 6.92 Å². The summed E-state index contributed by atoms with van der Waals surface area (Å²) in [5.74, 6) is 0. The molecule has 2 N–H and O–H groups in total. The Morgan fingerprint density at radius 2 is 2.00 bits per heavy atom. The van der Waals surface area contributed by atoms with Crippen molar-refractivity contribution >= 4 is 0 Å². The Hall–Kier alpha value is -0.290. The molecule has 0 radical (unpaired) electrons. The van der Waals surface area contributed by atoms with Crippen molar-refractivity contribution in [2.45, 2.75) is 25.6 Å². The zero-order valence-corrected chi connectivity index (χ0v) is 6.32. The van der Waals surface area contributed by atoms with Crippen LogP contribution in [0.1, 0.15) is 13.3 Å². The number of hydrogen-bond acceptors (Lipinski definition) is 2. The molecule has 11 heavy (non-hydrogen) atoms. The molecule has 0 saturated carbocycles. The van der Waals surface area contributed by atoms with Gasteiger partial charge in [-0.1, -0.05) is 0 Å². The molecule has 1 atom stereocenters. The molecule has 0 rings (SSSR count). The van der Waals surface area contributed by atoms with E-state index in [1.165, 1.54) is 0 Å². The predicted octanol–water partition coefficient (Wildman–Crippen LogP) is 1.30. The zero-order chi connectivity index (χ0) is 8.91. The van der Waals surface area contributed by atoms with Gasteiger partial charge in [-0.25, -0.2) is 0 Å². The summed E-state index contributed by atoms with van der Waals surface area (Å²) in [4.78, 5) is 0. The Labute approximate surface area is 63.5 Å². The van der Waals surface area contributed by atoms with Crippen molar-refractivity contribution in [2.75, 3.05) is 13.2 Å². The largest absolute Gasteiger partial charge is 0.414 e. The number of halogens is 3. The highest BCUT2D eigenvalue weighted by atomic mass is 19.4. The first kappa shape index (κ1) is 10.7. The van der Waals surface area contributed by atoms with Crippen molar-refractivity contribution in [3.05, 3.63) is 0 Å². The van der Waals surface area contributed by atoms with Crippen molar-refractivity contribution in [3.63, 3.8) is 0 Å². The Morgan fingerprint density at radius 3 is 2.36 bits per heavy atom. The number of hydrogen-bond donors (Lipinski definition) is 1. The van der Waals surface area contributed by atoms with Crippen LogP contribution in [0, 0.1) is 0 Å². The molecule has 1 unspecified atom stereocenters. The van der Waals surface area contributed by atoms with Crippen LogP contribution in [0.2, 0.25) is 0 Å². The third kappa shape index (κ3) is 5.03. The van der Waals surface area contributed by atoms with Gasteiger partial charge in [-0.3, -0.25) is 0 Å². The molecule has 0 bridgehead atoms. The zero-order valence-electron chi connectivity index (χ0n) is 6.32. The van der Waals surface area contributed by atoms with Gasteiger partial charge >= 0.3 is 6.18 Å². The average Bonchev–Trinajstić information content (AvgIpc) is 1.86. The molecule has 0 fully saturated rings. The van der Waals surface area contributed by atoms with Gasteiger partial charge in [0.2, 0.25) is 0 Å². The molecule has 0 saturated heterocycles. The Kier molecular flexibility index (Phi) is 4.44. The molecule has 0 aliphatic heterocycles. The Balaban J connectivity index is 3.44. The quantitative estimate of drug-likeness (QED) is 0.647. The van der Waals surface area contributed by atoms with Crippen LogP contribution in [0.15, 0.2) is 0 Å². The van der Waals surface area contributed by atoms with Crippen LogP contribution < -0.4 is 5.73 Å². The van der Waals surface area contributed by atoms with Gasteiger partial charge in [0.25, 0.3) is 0 Å². The molecule has 0 heterocycles. The van der Waals surface area contributed by atoms with E-state index in [2.05, 4.69) is 4.74 Å². The third-order valence-electron chi connectivity index (χ3n) is 1.18. The second-order valence-electron chi connectivity index (χ2n) is 2.20. The van der Waals surface area contributed by atoms with Gasteiger partial charge in [0, 0.05) is 6.61 Å². The van der Waals surface area contributed by atoms with Gasteiger partial charge in [-0.2, -0.15) is 13.2 Å². The summed E-state index contributed by atoms with van der Waals surface area (Å²) < 4.78 is 39.6. The summed E-state index contributed by atoms with van der Waals surface area (Å²) in [6.45, 7) is 1.40. The first-order valence-electron chi connectivity index (χ1n) is 3.37. The number of ether oxygens (including phenoxy) is 1. The summed E-state index contributed by atoms with van der Waals surface area (Å²) in [5.41, 5.74) is 5.06. The summed E-state index contributed by atoms with van der Waals surface area (Å²) in [7, 11) is 0. The first-order chi connectivity index (χ1) is 4.98. The van der Waals surface area contributed by atoms with Crippen molar-refractivity contribution in [1.82, 2.24) is 0 Å². The highest BCUT2D eigenvalue weighted by Gasteiger charge is 2.36. The molecule has 2 nitrogen and oxygen atoms in total. The summed E-state index contributed by atoms with van der Waals surface area (Å²) in [6.07, 6.45) is -5.48. The van der Waals surface area contributed by atoms with E-state index in [9.17, 15) is 13.2 Å². The fourth-order valence-corrected chi connectivity index (χ4v) is 0.438. The van der Waals surface area contributed by atoms with Gasteiger partial charge in [-0.05, 0) is 19.9 Å². The molecule has 0 aromatic rings. The molecular weight excluding hydrogens is 159 g/mol.